The molecule has 1 aromatic rings. The first-order chi connectivity index (χ1) is 4.25. The quantitative estimate of drug-likeness (QED) is 0.626. The van der Waals surface area contributed by atoms with Gasteiger partial charge in [0.25, 0.3) is 5.56 Å². The van der Waals surface area contributed by atoms with Crippen LogP contribution in [-0.2, 0) is 0 Å². The van der Waals surface area contributed by atoms with Crippen LogP contribution in [0.25, 0.3) is 0 Å². The number of H-pyrrole nitrogens is 2. The molecular weight excluding hydrogens is 188 g/mol. The average molecular weight is 191 g/mol. The first kappa shape index (κ1) is 6.28. The minimum Gasteiger partial charge on any atom is -0.298 e. The van der Waals surface area contributed by atoms with Gasteiger partial charge in [-0.2, -0.15) is 0 Å². The molecule has 48 valence electrons. The highest BCUT2D eigenvalue weighted by atomic mass is 79.9. The van der Waals surface area contributed by atoms with E-state index < -0.39 is 5.56 Å². The lowest BCUT2D eigenvalue weighted by Crippen LogP contribution is -2.03. The molecule has 1 aromatic heterocycles. The molecule has 0 aliphatic heterocycles. The highest BCUT2D eigenvalue weighted by Crippen LogP contribution is 2.03. The van der Waals surface area contributed by atoms with Crippen molar-refractivity contribution in [1.82, 2.24) is 10.2 Å². The van der Waals surface area contributed by atoms with Gasteiger partial charge in [0.05, 0.1) is 0 Å². The van der Waals surface area contributed by atoms with Crippen LogP contribution in [0.5, 0.6) is 0 Å². The zero-order valence-electron chi connectivity index (χ0n) is 4.27. The van der Waals surface area contributed by atoms with E-state index in [-0.39, 0.29) is 5.56 Å². The van der Waals surface area contributed by atoms with Gasteiger partial charge in [-0.3, -0.25) is 19.8 Å². The van der Waals surface area contributed by atoms with E-state index in [9.17, 15) is 9.59 Å². The fourth-order valence-corrected chi connectivity index (χ4v) is 0.824. The molecule has 4 nitrogen and oxygen atoms in total. The molecule has 0 saturated carbocycles. The van der Waals surface area contributed by atoms with Gasteiger partial charge in [0.2, 0.25) is 0 Å². The lowest BCUT2D eigenvalue weighted by molar-refractivity contribution is 0.112. The van der Waals surface area contributed by atoms with E-state index >= 15 is 0 Å². The van der Waals surface area contributed by atoms with E-state index in [2.05, 4.69) is 26.1 Å². The predicted octanol–water partition coefficient (Wildman–Crippen LogP) is 0.278. The smallest absolute Gasteiger partial charge is 0.275 e. The number of carbonyl (C=O) groups excluding carboxylic acids is 1. The third-order valence-electron chi connectivity index (χ3n) is 0.885. The highest BCUT2D eigenvalue weighted by molar-refractivity contribution is 9.10. The monoisotopic (exact) mass is 190 g/mol. The summed E-state index contributed by atoms with van der Waals surface area (Å²) >= 11 is 2.96. The molecule has 0 aliphatic carbocycles. The molecule has 0 spiro atoms. The molecule has 0 fully saturated rings. The Labute approximate surface area is 58.4 Å². The Morgan fingerprint density at radius 2 is 2.11 bits per heavy atom. The second kappa shape index (κ2) is 2.18. The summed E-state index contributed by atoms with van der Waals surface area (Å²) in [5.74, 6) is 0. The van der Waals surface area contributed by atoms with Gasteiger partial charge in [-0.25, -0.2) is 0 Å². The Morgan fingerprint density at radius 1 is 1.44 bits per heavy atom. The number of hydrogen-bond acceptors (Lipinski definition) is 2. The Morgan fingerprint density at radius 3 is 2.33 bits per heavy atom. The minimum atomic E-state index is -0.406. The van der Waals surface area contributed by atoms with Crippen LogP contribution in [0.4, 0.5) is 0 Å². The summed E-state index contributed by atoms with van der Waals surface area (Å²) < 4.78 is 0.391. The third-order valence-corrected chi connectivity index (χ3v) is 1.51. The molecule has 0 radical (unpaired) electrons. The first-order valence-electron chi connectivity index (χ1n) is 2.17. The Balaban J connectivity index is 3.40. The van der Waals surface area contributed by atoms with Gasteiger partial charge in [0, 0.05) is 0 Å². The molecule has 9 heavy (non-hydrogen) atoms. The van der Waals surface area contributed by atoms with Crippen molar-refractivity contribution < 1.29 is 4.79 Å². The maximum atomic E-state index is 10.5. The van der Waals surface area contributed by atoms with Crippen molar-refractivity contribution in [2.24, 2.45) is 0 Å². The number of halogens is 1. The highest BCUT2D eigenvalue weighted by Gasteiger charge is 2.03. The molecule has 5 heteroatoms. The number of nitrogens with one attached hydrogen (secondary N) is 2. The van der Waals surface area contributed by atoms with Gasteiger partial charge in [-0.05, 0) is 15.9 Å². The molecule has 0 amide bonds. The van der Waals surface area contributed by atoms with Gasteiger partial charge in [0.1, 0.15) is 10.2 Å². The SMILES string of the molecule is O=Cc1c(Br)[nH][nH]c1=O. The van der Waals surface area contributed by atoms with Crippen LogP contribution in [0.15, 0.2) is 9.40 Å². The molecule has 0 saturated heterocycles. The van der Waals surface area contributed by atoms with E-state index in [0.29, 0.717) is 10.9 Å². The van der Waals surface area contributed by atoms with Crippen LogP contribution in [0.2, 0.25) is 0 Å². The maximum Gasteiger partial charge on any atom is 0.275 e. The Kier molecular flexibility index (Phi) is 1.52. The predicted molar refractivity (Wildman–Crippen MR) is 34.5 cm³/mol. The summed E-state index contributed by atoms with van der Waals surface area (Å²) in [4.78, 5) is 20.6. The molecule has 0 aromatic carbocycles. The molecule has 0 atom stereocenters. The second-order valence-electron chi connectivity index (χ2n) is 1.42. The van der Waals surface area contributed by atoms with Crippen LogP contribution in [0.3, 0.4) is 0 Å². The van der Waals surface area contributed by atoms with Crippen molar-refractivity contribution in [3.63, 3.8) is 0 Å². The van der Waals surface area contributed by atoms with Crippen molar-refractivity contribution in [2.75, 3.05) is 0 Å². The van der Waals surface area contributed by atoms with E-state index in [1.54, 1.807) is 0 Å². The summed E-state index contributed by atoms with van der Waals surface area (Å²) in [6.45, 7) is 0. The summed E-state index contributed by atoms with van der Waals surface area (Å²) in [6, 6.07) is 0. The number of aldehydes is 1. The van der Waals surface area contributed by atoms with E-state index in [1.165, 1.54) is 0 Å². The van der Waals surface area contributed by atoms with Crippen LogP contribution in [0, 0.1) is 0 Å². The van der Waals surface area contributed by atoms with Crippen molar-refractivity contribution in [3.05, 3.63) is 20.5 Å². The molecule has 0 unspecified atom stereocenters. The molecule has 2 N–H and O–H groups in total. The fraction of sp³-hybridized carbons (Fsp3) is 0. The largest absolute Gasteiger partial charge is 0.298 e. The summed E-state index contributed by atoms with van der Waals surface area (Å²) in [5.41, 5.74) is -0.313. The zero-order valence-corrected chi connectivity index (χ0v) is 5.86. The number of aromatic amines is 2. The Bertz CT molecular complexity index is 274. The summed E-state index contributed by atoms with van der Waals surface area (Å²) in [7, 11) is 0. The van der Waals surface area contributed by atoms with Crippen LogP contribution in [0.1, 0.15) is 10.4 Å². The van der Waals surface area contributed by atoms with Gasteiger partial charge in [-0.15, -0.1) is 0 Å². The van der Waals surface area contributed by atoms with Crippen molar-refractivity contribution in [2.45, 2.75) is 0 Å². The first-order valence-corrected chi connectivity index (χ1v) is 2.96. The molecule has 0 bridgehead atoms. The van der Waals surface area contributed by atoms with E-state index in [4.69, 9.17) is 0 Å². The molecule has 1 rings (SSSR count). The maximum absolute atomic E-state index is 10.5. The molecule has 1 heterocycles. The number of aromatic nitrogens is 2. The van der Waals surface area contributed by atoms with Crippen molar-refractivity contribution in [1.29, 1.82) is 0 Å². The van der Waals surface area contributed by atoms with E-state index in [1.807, 2.05) is 0 Å². The third kappa shape index (κ3) is 0.951. The van der Waals surface area contributed by atoms with Gasteiger partial charge in [0.15, 0.2) is 6.29 Å². The lowest BCUT2D eigenvalue weighted by atomic mass is 10.4. The topological polar surface area (TPSA) is 65.7 Å². The zero-order chi connectivity index (χ0) is 6.85. The van der Waals surface area contributed by atoms with Gasteiger partial charge < -0.3 is 0 Å². The normalized spacial score (nSPS) is 9.44. The van der Waals surface area contributed by atoms with Crippen LogP contribution < -0.4 is 5.56 Å². The van der Waals surface area contributed by atoms with Crippen molar-refractivity contribution in [3.8, 4) is 0 Å². The van der Waals surface area contributed by atoms with Crippen molar-refractivity contribution >= 4 is 22.2 Å². The van der Waals surface area contributed by atoms with Gasteiger partial charge in [-0.1, -0.05) is 0 Å². The number of carbonyl (C=O) groups is 1. The lowest BCUT2D eigenvalue weighted by Gasteiger charge is -1.75. The fourth-order valence-electron chi connectivity index (χ4n) is 0.451. The Hall–Kier alpha value is -0.840. The summed E-state index contributed by atoms with van der Waals surface area (Å²) in [5, 5.41) is 4.66. The van der Waals surface area contributed by atoms with Gasteiger partial charge >= 0.3 is 0 Å². The second-order valence-corrected chi connectivity index (χ2v) is 2.22. The molecular formula is C4H3BrN2O2. The van der Waals surface area contributed by atoms with Crippen LogP contribution >= 0.6 is 15.9 Å². The molecule has 0 aliphatic rings. The minimum absolute atomic E-state index is 0.0926. The van der Waals surface area contributed by atoms with E-state index in [0.717, 1.165) is 0 Å². The standard InChI is InChI=1S/C4H3BrN2O2/c5-3-2(1-8)4(9)7-6-3/h1H,(H2,6,7,9). The average Bonchev–Trinajstić information content (AvgIpc) is 2.12. The number of rotatable bonds is 1. The number of hydrogen-bond donors (Lipinski definition) is 2. The summed E-state index contributed by atoms with van der Waals surface area (Å²) in [6.07, 6.45) is 0.486. The van der Waals surface area contributed by atoms with Crippen LogP contribution in [-0.4, -0.2) is 16.5 Å².